The predicted molar refractivity (Wildman–Crippen MR) is 117 cm³/mol. The van der Waals surface area contributed by atoms with Crippen molar-refractivity contribution in [3.05, 3.63) is 45.7 Å². The van der Waals surface area contributed by atoms with Crippen LogP contribution in [0.25, 0.3) is 10.8 Å². The molecule has 0 spiro atoms. The number of nitrogens with zero attached hydrogens (tertiary/aromatic N) is 3. The highest BCUT2D eigenvalue weighted by Gasteiger charge is 2.28. The number of anilines is 1. The molecule has 2 aromatic heterocycles. The minimum absolute atomic E-state index is 0.0291. The summed E-state index contributed by atoms with van der Waals surface area (Å²) in [5.74, 6) is 0.180. The van der Waals surface area contributed by atoms with E-state index >= 15 is 0 Å². The monoisotopic (exact) mass is 510 g/mol. The lowest BCUT2D eigenvalue weighted by Crippen LogP contribution is -2.39. The average molecular weight is 511 g/mol. The predicted octanol–water partition coefficient (Wildman–Crippen LogP) is 4.23. The Bertz CT molecular complexity index is 1160. The van der Waals surface area contributed by atoms with Gasteiger partial charge >= 0.3 is 6.01 Å². The molecule has 1 saturated heterocycles. The standard InChI is InChI=1S/C19H19BrN4O4S2/c1-12-3-2-10-24(11-12)30(26,27)14-6-4-13(5-7-14)17(25)21-19-23-22-18(28-19)15-8-9-16(20)29-15/h4-9,12H,2-3,10-11H2,1H3,(H,21,23,25). The first-order valence-electron chi connectivity index (χ1n) is 9.34. The Balaban J connectivity index is 1.45. The summed E-state index contributed by atoms with van der Waals surface area (Å²) >= 11 is 4.80. The van der Waals surface area contributed by atoms with Crippen LogP contribution in [0.2, 0.25) is 0 Å². The van der Waals surface area contributed by atoms with Gasteiger partial charge in [0.25, 0.3) is 11.8 Å². The van der Waals surface area contributed by atoms with E-state index in [9.17, 15) is 13.2 Å². The third-order valence-corrected chi connectivity index (χ3v) is 8.29. The molecule has 1 N–H and O–H groups in total. The van der Waals surface area contributed by atoms with Crippen molar-refractivity contribution in [2.75, 3.05) is 18.4 Å². The summed E-state index contributed by atoms with van der Waals surface area (Å²) in [6.07, 6.45) is 1.89. The van der Waals surface area contributed by atoms with E-state index in [1.165, 1.54) is 39.9 Å². The SMILES string of the molecule is CC1CCCN(S(=O)(=O)c2ccc(C(=O)Nc3nnc(-c4ccc(Br)s4)o3)cc2)C1. The quantitative estimate of drug-likeness (QED) is 0.550. The number of hydrogen-bond donors (Lipinski definition) is 1. The molecule has 1 aliphatic heterocycles. The highest BCUT2D eigenvalue weighted by molar-refractivity contribution is 9.11. The van der Waals surface area contributed by atoms with Gasteiger partial charge in [0.15, 0.2) is 0 Å². The lowest BCUT2D eigenvalue weighted by Gasteiger charge is -2.30. The van der Waals surface area contributed by atoms with Crippen LogP contribution < -0.4 is 5.32 Å². The molecule has 4 rings (SSSR count). The molecule has 0 radical (unpaired) electrons. The molecule has 1 fully saturated rings. The maximum absolute atomic E-state index is 12.8. The maximum Gasteiger partial charge on any atom is 0.322 e. The van der Waals surface area contributed by atoms with Crippen molar-refractivity contribution in [2.24, 2.45) is 5.92 Å². The summed E-state index contributed by atoms with van der Waals surface area (Å²) < 4.78 is 33.6. The van der Waals surface area contributed by atoms with Gasteiger partial charge in [-0.25, -0.2) is 8.42 Å². The van der Waals surface area contributed by atoms with E-state index in [-0.39, 0.29) is 10.9 Å². The van der Waals surface area contributed by atoms with Gasteiger partial charge in [-0.05, 0) is 71.1 Å². The molecule has 158 valence electrons. The van der Waals surface area contributed by atoms with Crippen LogP contribution in [-0.4, -0.2) is 41.9 Å². The number of sulfonamides is 1. The fraction of sp³-hybridized carbons (Fsp3) is 0.316. The average Bonchev–Trinajstić information content (AvgIpc) is 3.37. The number of carbonyl (C=O) groups is 1. The van der Waals surface area contributed by atoms with Gasteiger partial charge in [-0.3, -0.25) is 10.1 Å². The van der Waals surface area contributed by atoms with Crippen LogP contribution in [0, 0.1) is 5.92 Å². The molecule has 30 heavy (non-hydrogen) atoms. The number of nitrogens with one attached hydrogen (secondary N) is 1. The molecular weight excluding hydrogens is 492 g/mol. The van der Waals surface area contributed by atoms with Gasteiger partial charge in [0.1, 0.15) is 0 Å². The second-order valence-corrected chi connectivity index (χ2v) is 11.5. The minimum Gasteiger partial charge on any atom is -0.402 e. The molecule has 1 atom stereocenters. The summed E-state index contributed by atoms with van der Waals surface area (Å²) in [6, 6.07) is 9.52. The molecule has 11 heteroatoms. The fourth-order valence-corrected chi connectivity index (χ4v) is 6.17. The Morgan fingerprint density at radius 1 is 1.23 bits per heavy atom. The van der Waals surface area contributed by atoms with Crippen LogP contribution in [0.15, 0.2) is 49.5 Å². The normalized spacial score (nSPS) is 17.7. The first-order chi connectivity index (χ1) is 14.3. The summed E-state index contributed by atoms with van der Waals surface area (Å²) in [5, 5.41) is 10.3. The molecule has 1 aliphatic rings. The van der Waals surface area contributed by atoms with Gasteiger partial charge in [0.2, 0.25) is 10.0 Å². The summed E-state index contributed by atoms with van der Waals surface area (Å²) in [5.41, 5.74) is 0.291. The van der Waals surface area contributed by atoms with Crippen LogP contribution >= 0.6 is 27.3 Å². The first kappa shape index (κ1) is 21.2. The zero-order valence-corrected chi connectivity index (χ0v) is 19.3. The lowest BCUT2D eigenvalue weighted by atomic mass is 10.0. The smallest absolute Gasteiger partial charge is 0.322 e. The van der Waals surface area contributed by atoms with E-state index in [0.29, 0.717) is 30.5 Å². The van der Waals surface area contributed by atoms with E-state index in [1.807, 2.05) is 12.1 Å². The third kappa shape index (κ3) is 4.48. The van der Waals surface area contributed by atoms with Gasteiger partial charge in [-0.1, -0.05) is 12.0 Å². The second kappa shape index (κ2) is 8.58. The number of piperidine rings is 1. The van der Waals surface area contributed by atoms with Crippen LogP contribution in [0.1, 0.15) is 30.1 Å². The second-order valence-electron chi connectivity index (χ2n) is 7.11. The van der Waals surface area contributed by atoms with Gasteiger partial charge in [0.05, 0.1) is 13.6 Å². The molecule has 1 aromatic carbocycles. The number of amides is 1. The number of benzene rings is 1. The van der Waals surface area contributed by atoms with Gasteiger partial charge in [-0.15, -0.1) is 16.4 Å². The maximum atomic E-state index is 12.8. The minimum atomic E-state index is -3.56. The van der Waals surface area contributed by atoms with Gasteiger partial charge in [-0.2, -0.15) is 4.31 Å². The zero-order valence-electron chi connectivity index (χ0n) is 16.0. The summed E-state index contributed by atoms with van der Waals surface area (Å²) in [4.78, 5) is 13.4. The summed E-state index contributed by atoms with van der Waals surface area (Å²) in [7, 11) is -3.56. The first-order valence-corrected chi connectivity index (χ1v) is 12.4. The van der Waals surface area contributed by atoms with Crippen molar-refractivity contribution in [3.8, 4) is 10.8 Å². The topological polar surface area (TPSA) is 105 Å². The molecule has 3 heterocycles. The Labute approximate surface area is 186 Å². The number of hydrogen-bond acceptors (Lipinski definition) is 7. The number of halogens is 1. The van der Waals surface area contributed by atoms with Crippen LogP contribution in [0.3, 0.4) is 0 Å². The van der Waals surface area contributed by atoms with Gasteiger partial charge < -0.3 is 4.42 Å². The Morgan fingerprint density at radius 3 is 2.67 bits per heavy atom. The van der Waals surface area contributed by atoms with E-state index in [4.69, 9.17) is 4.42 Å². The molecular formula is C19H19BrN4O4S2. The zero-order chi connectivity index (χ0) is 21.3. The molecule has 8 nitrogen and oxygen atoms in total. The molecule has 0 bridgehead atoms. The Hall–Kier alpha value is -2.08. The van der Waals surface area contributed by atoms with Crippen LogP contribution in [0.5, 0.6) is 0 Å². The fourth-order valence-electron chi connectivity index (χ4n) is 3.26. The van der Waals surface area contributed by atoms with Crippen molar-refractivity contribution in [1.82, 2.24) is 14.5 Å². The van der Waals surface area contributed by atoms with Gasteiger partial charge in [0, 0.05) is 18.7 Å². The summed E-state index contributed by atoms with van der Waals surface area (Å²) in [6.45, 7) is 3.09. The molecule has 1 amide bonds. The van der Waals surface area contributed by atoms with Crippen LogP contribution in [0.4, 0.5) is 6.01 Å². The highest BCUT2D eigenvalue weighted by atomic mass is 79.9. The number of carbonyl (C=O) groups excluding carboxylic acids is 1. The van der Waals surface area contributed by atoms with Crippen molar-refractivity contribution >= 4 is 49.2 Å². The molecule has 3 aromatic rings. The van der Waals surface area contributed by atoms with Crippen molar-refractivity contribution in [1.29, 1.82) is 0 Å². The number of rotatable bonds is 5. The van der Waals surface area contributed by atoms with Crippen molar-refractivity contribution in [3.63, 3.8) is 0 Å². The highest BCUT2D eigenvalue weighted by Crippen LogP contribution is 2.31. The molecule has 0 saturated carbocycles. The van der Waals surface area contributed by atoms with Crippen molar-refractivity contribution in [2.45, 2.75) is 24.7 Å². The van der Waals surface area contributed by atoms with Crippen molar-refractivity contribution < 1.29 is 17.6 Å². The van der Waals surface area contributed by atoms with E-state index in [0.717, 1.165) is 21.5 Å². The number of thiophene rings is 1. The van der Waals surface area contributed by atoms with Crippen LogP contribution in [-0.2, 0) is 10.0 Å². The van der Waals surface area contributed by atoms with E-state index in [2.05, 4.69) is 38.4 Å². The third-order valence-electron chi connectivity index (χ3n) is 4.80. The van der Waals surface area contributed by atoms with E-state index < -0.39 is 15.9 Å². The van der Waals surface area contributed by atoms with E-state index in [1.54, 1.807) is 0 Å². The number of aromatic nitrogens is 2. The lowest BCUT2D eigenvalue weighted by molar-refractivity contribution is 0.102. The Kier molecular flexibility index (Phi) is 6.05. The Morgan fingerprint density at radius 2 is 2.00 bits per heavy atom. The molecule has 1 unspecified atom stereocenters. The largest absolute Gasteiger partial charge is 0.402 e. The molecule has 0 aliphatic carbocycles.